The fraction of sp³-hybridized carbons (Fsp3) is 0.611. The molecular weight excluding hydrogens is 322 g/mol. The van der Waals surface area contributed by atoms with E-state index >= 15 is 0 Å². The lowest BCUT2D eigenvalue weighted by molar-refractivity contribution is -0.384. The maximum atomic E-state index is 12.5. The molecule has 0 radical (unpaired) electrons. The summed E-state index contributed by atoms with van der Waals surface area (Å²) < 4.78 is 5.04. The number of carbonyl (C=O) groups is 1. The quantitative estimate of drug-likeness (QED) is 0.530. The molecule has 0 saturated carbocycles. The number of ether oxygens (including phenoxy) is 1. The van der Waals surface area contributed by atoms with Crippen molar-refractivity contribution >= 4 is 11.6 Å². The van der Waals surface area contributed by atoms with Crippen molar-refractivity contribution < 1.29 is 14.5 Å². The third kappa shape index (κ3) is 5.79. The normalized spacial score (nSPS) is 18.1. The molecule has 2 rings (SSSR count). The first-order chi connectivity index (χ1) is 12.0. The molecule has 1 saturated heterocycles. The number of likely N-dealkylation sites (N-methyl/N-ethyl adjacent to an activating group) is 1. The van der Waals surface area contributed by atoms with Gasteiger partial charge in [-0.3, -0.25) is 14.9 Å². The highest BCUT2D eigenvalue weighted by Crippen LogP contribution is 2.19. The minimum Gasteiger partial charge on any atom is -0.383 e. The van der Waals surface area contributed by atoms with Crippen LogP contribution in [-0.4, -0.2) is 67.6 Å². The van der Waals surface area contributed by atoms with E-state index in [0.717, 1.165) is 44.5 Å². The van der Waals surface area contributed by atoms with E-state index in [1.807, 2.05) is 19.2 Å². The molecule has 1 aliphatic rings. The van der Waals surface area contributed by atoms with Crippen LogP contribution < -0.4 is 0 Å². The van der Waals surface area contributed by atoms with E-state index in [0.29, 0.717) is 13.2 Å². The standard InChI is InChI=1S/C18H27N3O4/c1-19(12-13-25-2)18(22)16-4-3-10-20(14-16)11-9-15-5-7-17(8-6-15)21(23)24/h5-8,16H,3-4,9-14H2,1-2H3/t16-/m1/s1. The summed E-state index contributed by atoms with van der Waals surface area (Å²) >= 11 is 0. The molecule has 1 fully saturated rings. The summed E-state index contributed by atoms with van der Waals surface area (Å²) in [7, 11) is 3.47. The fourth-order valence-electron chi connectivity index (χ4n) is 3.18. The molecule has 7 nitrogen and oxygen atoms in total. The first kappa shape index (κ1) is 19.3. The number of nitro groups is 1. The zero-order chi connectivity index (χ0) is 18.2. The lowest BCUT2D eigenvalue weighted by Gasteiger charge is -2.34. The van der Waals surface area contributed by atoms with Crippen molar-refractivity contribution in [2.45, 2.75) is 19.3 Å². The maximum Gasteiger partial charge on any atom is 0.269 e. The molecule has 1 aliphatic heterocycles. The minimum atomic E-state index is -0.384. The Morgan fingerprint density at radius 2 is 2.12 bits per heavy atom. The second-order valence-electron chi connectivity index (χ2n) is 6.57. The van der Waals surface area contributed by atoms with Gasteiger partial charge in [0.05, 0.1) is 17.4 Å². The second kappa shape index (κ2) is 9.48. The Hall–Kier alpha value is -1.99. The first-order valence-corrected chi connectivity index (χ1v) is 8.71. The van der Waals surface area contributed by atoms with Crippen LogP contribution >= 0.6 is 0 Å². The maximum absolute atomic E-state index is 12.5. The van der Waals surface area contributed by atoms with Crippen molar-refractivity contribution in [3.8, 4) is 0 Å². The molecule has 0 aliphatic carbocycles. The highest BCUT2D eigenvalue weighted by molar-refractivity contribution is 5.78. The number of nitro benzene ring substituents is 1. The summed E-state index contributed by atoms with van der Waals surface area (Å²) in [5, 5.41) is 10.7. The van der Waals surface area contributed by atoms with Gasteiger partial charge in [0, 0.05) is 45.9 Å². The number of benzene rings is 1. The SMILES string of the molecule is COCCN(C)C(=O)[C@@H]1CCCN(CCc2ccc([N+](=O)[O-])cc2)C1. The number of methoxy groups -OCH3 is 1. The number of hydrogen-bond acceptors (Lipinski definition) is 5. The molecule has 7 heteroatoms. The topological polar surface area (TPSA) is 75.9 Å². The van der Waals surface area contributed by atoms with Crippen LogP contribution in [-0.2, 0) is 16.0 Å². The van der Waals surface area contributed by atoms with E-state index in [9.17, 15) is 14.9 Å². The summed E-state index contributed by atoms with van der Waals surface area (Å²) in [5.74, 6) is 0.240. The molecule has 0 aromatic heterocycles. The lowest BCUT2D eigenvalue weighted by atomic mass is 9.96. The van der Waals surface area contributed by atoms with Gasteiger partial charge in [0.25, 0.3) is 5.69 Å². The van der Waals surface area contributed by atoms with Crippen molar-refractivity contribution in [2.75, 3.05) is 46.9 Å². The monoisotopic (exact) mass is 349 g/mol. The molecule has 1 amide bonds. The summed E-state index contributed by atoms with van der Waals surface area (Å²) in [5.41, 5.74) is 1.20. The number of carbonyl (C=O) groups excluding carboxylic acids is 1. The smallest absolute Gasteiger partial charge is 0.269 e. The number of likely N-dealkylation sites (tertiary alicyclic amines) is 1. The van der Waals surface area contributed by atoms with Crippen LogP contribution in [0.5, 0.6) is 0 Å². The predicted octanol–water partition coefficient (Wildman–Crippen LogP) is 1.95. The van der Waals surface area contributed by atoms with Crippen molar-refractivity contribution in [1.82, 2.24) is 9.80 Å². The van der Waals surface area contributed by atoms with Crippen molar-refractivity contribution in [2.24, 2.45) is 5.92 Å². The number of nitrogens with zero attached hydrogens (tertiary/aromatic N) is 3. The predicted molar refractivity (Wildman–Crippen MR) is 95.5 cm³/mol. The number of piperidine rings is 1. The van der Waals surface area contributed by atoms with Crippen LogP contribution in [0.4, 0.5) is 5.69 Å². The molecule has 1 aromatic carbocycles. The van der Waals surface area contributed by atoms with Crippen molar-refractivity contribution in [3.63, 3.8) is 0 Å². The van der Waals surface area contributed by atoms with Gasteiger partial charge < -0.3 is 14.5 Å². The van der Waals surface area contributed by atoms with Gasteiger partial charge in [-0.15, -0.1) is 0 Å². The molecule has 25 heavy (non-hydrogen) atoms. The van der Waals surface area contributed by atoms with Crippen molar-refractivity contribution in [1.29, 1.82) is 0 Å². The molecule has 138 valence electrons. The Morgan fingerprint density at radius 1 is 1.40 bits per heavy atom. The van der Waals surface area contributed by atoms with E-state index in [-0.39, 0.29) is 22.4 Å². The van der Waals surface area contributed by atoms with Crippen LogP contribution in [0.25, 0.3) is 0 Å². The molecule has 0 unspecified atom stereocenters. The van der Waals surface area contributed by atoms with Gasteiger partial charge in [0.2, 0.25) is 5.91 Å². The molecule has 1 aromatic rings. The Morgan fingerprint density at radius 3 is 2.76 bits per heavy atom. The van der Waals surface area contributed by atoms with Crippen LogP contribution in [0.15, 0.2) is 24.3 Å². The number of non-ortho nitro benzene ring substituents is 1. The average molecular weight is 349 g/mol. The molecule has 1 atom stereocenters. The average Bonchev–Trinajstić information content (AvgIpc) is 2.64. The van der Waals surface area contributed by atoms with E-state index in [2.05, 4.69) is 4.90 Å². The summed E-state index contributed by atoms with van der Waals surface area (Å²) in [6.45, 7) is 3.82. The second-order valence-corrected chi connectivity index (χ2v) is 6.57. The highest BCUT2D eigenvalue weighted by Gasteiger charge is 2.27. The zero-order valence-electron chi connectivity index (χ0n) is 15.0. The Kier molecular flexibility index (Phi) is 7.33. The summed E-state index contributed by atoms with van der Waals surface area (Å²) in [6.07, 6.45) is 2.79. The van der Waals surface area contributed by atoms with Crippen LogP contribution in [0.1, 0.15) is 18.4 Å². The fourth-order valence-corrected chi connectivity index (χ4v) is 3.18. The van der Waals surface area contributed by atoms with E-state index in [1.54, 1.807) is 24.1 Å². The van der Waals surface area contributed by atoms with Gasteiger partial charge in [-0.2, -0.15) is 0 Å². The minimum absolute atomic E-state index is 0.0486. The number of amides is 1. The molecule has 1 heterocycles. The summed E-state index contributed by atoms with van der Waals surface area (Å²) in [4.78, 5) is 26.9. The van der Waals surface area contributed by atoms with Gasteiger partial charge >= 0.3 is 0 Å². The van der Waals surface area contributed by atoms with Crippen LogP contribution in [0.2, 0.25) is 0 Å². The Bertz CT molecular complexity index is 576. The lowest BCUT2D eigenvalue weighted by Crippen LogP contribution is -2.44. The van der Waals surface area contributed by atoms with Crippen LogP contribution in [0.3, 0.4) is 0 Å². The van der Waals surface area contributed by atoms with E-state index in [4.69, 9.17) is 4.74 Å². The number of rotatable bonds is 8. The molecule has 0 N–H and O–H groups in total. The summed E-state index contributed by atoms with van der Waals surface area (Å²) in [6, 6.07) is 6.71. The van der Waals surface area contributed by atoms with Gasteiger partial charge in [-0.05, 0) is 31.4 Å². The highest BCUT2D eigenvalue weighted by atomic mass is 16.6. The third-order valence-electron chi connectivity index (χ3n) is 4.73. The first-order valence-electron chi connectivity index (χ1n) is 8.71. The zero-order valence-corrected chi connectivity index (χ0v) is 15.0. The Balaban J connectivity index is 1.82. The van der Waals surface area contributed by atoms with Gasteiger partial charge in [0.15, 0.2) is 0 Å². The molecule has 0 bridgehead atoms. The van der Waals surface area contributed by atoms with Gasteiger partial charge in [-0.25, -0.2) is 0 Å². The van der Waals surface area contributed by atoms with Gasteiger partial charge in [-0.1, -0.05) is 12.1 Å². The number of hydrogen-bond donors (Lipinski definition) is 0. The Labute approximate surface area is 148 Å². The van der Waals surface area contributed by atoms with E-state index < -0.39 is 0 Å². The molecular formula is C18H27N3O4. The largest absolute Gasteiger partial charge is 0.383 e. The third-order valence-corrected chi connectivity index (χ3v) is 4.73. The van der Waals surface area contributed by atoms with Crippen LogP contribution in [0, 0.1) is 16.0 Å². The molecule has 0 spiro atoms. The van der Waals surface area contributed by atoms with Crippen molar-refractivity contribution in [3.05, 3.63) is 39.9 Å². The van der Waals surface area contributed by atoms with Gasteiger partial charge in [0.1, 0.15) is 0 Å². The van der Waals surface area contributed by atoms with E-state index in [1.165, 1.54) is 0 Å².